The van der Waals surface area contributed by atoms with Gasteiger partial charge in [0.15, 0.2) is 31.1 Å². The lowest BCUT2D eigenvalue weighted by molar-refractivity contribution is -0.398. The summed E-state index contributed by atoms with van der Waals surface area (Å²) in [6.45, 7) is 4.21. The van der Waals surface area contributed by atoms with Crippen LogP contribution in [0.4, 0.5) is 0 Å². The van der Waals surface area contributed by atoms with Gasteiger partial charge >= 0.3 is 17.9 Å². The van der Waals surface area contributed by atoms with Gasteiger partial charge in [0.1, 0.15) is 49.3 Å². The van der Waals surface area contributed by atoms with Crippen molar-refractivity contribution in [2.24, 2.45) is 0 Å². The first kappa shape index (κ1) is 45.9. The van der Waals surface area contributed by atoms with E-state index in [1.165, 1.54) is 21.0 Å². The van der Waals surface area contributed by atoms with E-state index in [-0.39, 0.29) is 33.0 Å². The highest BCUT2D eigenvalue weighted by atomic mass is 16.8. The summed E-state index contributed by atoms with van der Waals surface area (Å²) in [4.78, 5) is 39.4. The van der Waals surface area contributed by atoms with E-state index < -0.39 is 91.7 Å². The molecule has 3 heterocycles. The van der Waals surface area contributed by atoms with Crippen LogP contribution in [0.5, 0.6) is 0 Å². The predicted molar refractivity (Wildman–Crippen MR) is 222 cm³/mol. The average Bonchev–Trinajstić information content (AvgIpc) is 3.30. The van der Waals surface area contributed by atoms with Crippen molar-refractivity contribution >= 4 is 17.9 Å². The highest BCUT2D eigenvalue weighted by molar-refractivity contribution is 5.76. The summed E-state index contributed by atoms with van der Waals surface area (Å²) in [6.07, 6.45) is -13.2. The summed E-state index contributed by atoms with van der Waals surface area (Å²) < 4.78 is 76.3. The van der Waals surface area contributed by atoms with Crippen molar-refractivity contribution in [3.8, 4) is 0 Å². The third kappa shape index (κ3) is 11.9. The lowest BCUT2D eigenvalue weighted by Gasteiger charge is -2.51. The molecule has 15 heteroatoms. The Morgan fingerprint density at radius 2 is 1.25 bits per heavy atom. The van der Waals surface area contributed by atoms with Crippen molar-refractivity contribution in [2.45, 2.75) is 108 Å². The molecule has 0 N–H and O–H groups in total. The van der Waals surface area contributed by atoms with Crippen LogP contribution in [0, 0.1) is 0 Å². The molecule has 0 radical (unpaired) electrons. The van der Waals surface area contributed by atoms with Crippen LogP contribution in [0.25, 0.3) is 0 Å². The SMILES string of the molecule is CCOC(=O)[C@@H](O[C@H]1[C@H](O[C@@H]2[C@@H](OCc3ccccc3)[C@@H](OC)O[C@@H]3CO[C@@H](c4ccccc4)O[C@@H]23)O[C@H](COC(C)=O)[C@@H](OCc2ccccc2)[C@@H]1OC(C)=O)c1ccccc1. The fourth-order valence-electron chi connectivity index (χ4n) is 7.80. The fraction of sp³-hybridized carbons (Fsp3) is 0.438. The molecule has 336 valence electrons. The molecule has 15 nitrogen and oxygen atoms in total. The minimum absolute atomic E-state index is 0.0464. The Kier molecular flexibility index (Phi) is 16.4. The van der Waals surface area contributed by atoms with Crippen LogP contribution in [0.3, 0.4) is 0 Å². The molecule has 3 aliphatic heterocycles. The number of rotatable bonds is 18. The standard InChI is InChI=1S/C48H54O15/c1-5-53-45(51)38(34-22-14-8-15-23-34)61-44-41(58-31(3)50)39(55-26-32-18-10-6-11-19-32)36(28-54-30(2)49)60-48(44)63-42-40-37(29-57-46(62-40)35-24-16-9-17-25-35)59-47(52-4)43(42)56-27-33-20-12-7-13-21-33/h6-25,36-44,46-48H,5,26-29H2,1-4H3/t36-,37-,38+,39-,40-,41+,42+,43-,44-,46-,47+,48+/m1/s1. The Morgan fingerprint density at radius 3 is 1.84 bits per heavy atom. The zero-order valence-corrected chi connectivity index (χ0v) is 35.6. The Hall–Kier alpha value is -5.07. The maximum absolute atomic E-state index is 13.9. The zero-order valence-electron chi connectivity index (χ0n) is 35.6. The number of fused-ring (bicyclic) bond motifs is 1. The normalized spacial score (nSPS) is 28.5. The van der Waals surface area contributed by atoms with E-state index in [9.17, 15) is 14.4 Å². The number of benzene rings is 4. The van der Waals surface area contributed by atoms with E-state index in [1.54, 1.807) is 37.3 Å². The van der Waals surface area contributed by atoms with Crippen LogP contribution in [0.2, 0.25) is 0 Å². The first-order valence-corrected chi connectivity index (χ1v) is 21.0. The molecule has 0 amide bonds. The number of carbonyl (C=O) groups excluding carboxylic acids is 3. The Labute approximate surface area is 366 Å². The topological polar surface area (TPSA) is 162 Å². The van der Waals surface area contributed by atoms with Crippen LogP contribution in [-0.2, 0) is 84.4 Å². The number of hydrogen-bond donors (Lipinski definition) is 0. The minimum Gasteiger partial charge on any atom is -0.464 e. The van der Waals surface area contributed by atoms with E-state index in [1.807, 2.05) is 91.0 Å². The van der Waals surface area contributed by atoms with Gasteiger partial charge in [-0.2, -0.15) is 0 Å². The molecule has 0 aromatic heterocycles. The molecule has 4 aromatic rings. The highest BCUT2D eigenvalue weighted by Crippen LogP contribution is 2.40. The number of methoxy groups -OCH3 is 1. The second-order valence-electron chi connectivity index (χ2n) is 15.1. The van der Waals surface area contributed by atoms with Crippen LogP contribution in [-0.4, -0.2) is 106 Å². The Bertz CT molecular complexity index is 2020. The molecule has 3 saturated heterocycles. The molecule has 4 aromatic carbocycles. The van der Waals surface area contributed by atoms with Crippen LogP contribution < -0.4 is 0 Å². The maximum Gasteiger partial charge on any atom is 0.339 e. The summed E-state index contributed by atoms with van der Waals surface area (Å²) in [5, 5.41) is 0. The molecule has 0 bridgehead atoms. The monoisotopic (exact) mass is 870 g/mol. The number of hydrogen-bond acceptors (Lipinski definition) is 15. The largest absolute Gasteiger partial charge is 0.464 e. The van der Waals surface area contributed by atoms with Crippen molar-refractivity contribution in [3.05, 3.63) is 144 Å². The van der Waals surface area contributed by atoms with E-state index in [0.29, 0.717) is 5.56 Å². The maximum atomic E-state index is 13.9. The summed E-state index contributed by atoms with van der Waals surface area (Å²) in [5.41, 5.74) is 2.88. The van der Waals surface area contributed by atoms with Crippen molar-refractivity contribution in [3.63, 3.8) is 0 Å². The molecule has 12 atom stereocenters. The van der Waals surface area contributed by atoms with E-state index >= 15 is 0 Å². The van der Waals surface area contributed by atoms with E-state index in [4.69, 9.17) is 56.8 Å². The van der Waals surface area contributed by atoms with E-state index in [0.717, 1.165) is 16.7 Å². The van der Waals surface area contributed by atoms with Gasteiger partial charge in [-0.3, -0.25) is 9.59 Å². The highest BCUT2D eigenvalue weighted by Gasteiger charge is 2.57. The Morgan fingerprint density at radius 1 is 0.651 bits per heavy atom. The van der Waals surface area contributed by atoms with Crippen LogP contribution in [0.1, 0.15) is 55.4 Å². The van der Waals surface area contributed by atoms with Gasteiger partial charge in [0.2, 0.25) is 0 Å². The first-order valence-electron chi connectivity index (χ1n) is 21.0. The van der Waals surface area contributed by atoms with Gasteiger partial charge < -0.3 is 56.8 Å². The van der Waals surface area contributed by atoms with Gasteiger partial charge in [-0.05, 0) is 23.6 Å². The smallest absolute Gasteiger partial charge is 0.339 e. The molecule has 0 saturated carbocycles. The van der Waals surface area contributed by atoms with Crippen molar-refractivity contribution in [1.82, 2.24) is 0 Å². The molecule has 0 spiro atoms. The molecule has 7 rings (SSSR count). The van der Waals surface area contributed by atoms with Crippen LogP contribution in [0.15, 0.2) is 121 Å². The molecule has 63 heavy (non-hydrogen) atoms. The number of ether oxygens (including phenoxy) is 12. The quantitative estimate of drug-likeness (QED) is 0.0853. The summed E-state index contributed by atoms with van der Waals surface area (Å²) >= 11 is 0. The van der Waals surface area contributed by atoms with E-state index in [2.05, 4.69) is 0 Å². The van der Waals surface area contributed by atoms with Crippen molar-refractivity contribution in [2.75, 3.05) is 26.9 Å². The van der Waals surface area contributed by atoms with Crippen LogP contribution >= 0.6 is 0 Å². The summed E-state index contributed by atoms with van der Waals surface area (Å²) in [5.74, 6) is -1.98. The number of esters is 3. The predicted octanol–water partition coefficient (Wildman–Crippen LogP) is 5.94. The average molecular weight is 871 g/mol. The molecule has 0 unspecified atom stereocenters. The van der Waals surface area contributed by atoms with Crippen molar-refractivity contribution in [1.29, 1.82) is 0 Å². The summed E-state index contributed by atoms with van der Waals surface area (Å²) in [6, 6.07) is 37.1. The molecular weight excluding hydrogens is 817 g/mol. The lowest BCUT2D eigenvalue weighted by atomic mass is 9.95. The lowest BCUT2D eigenvalue weighted by Crippen LogP contribution is -2.67. The molecular formula is C48H54O15. The Balaban J connectivity index is 1.32. The van der Waals surface area contributed by atoms with Gasteiger partial charge in [-0.1, -0.05) is 121 Å². The molecule has 3 aliphatic rings. The first-order chi connectivity index (χ1) is 30.7. The second kappa shape index (κ2) is 22.5. The second-order valence-corrected chi connectivity index (χ2v) is 15.1. The third-order valence-electron chi connectivity index (χ3n) is 10.7. The van der Waals surface area contributed by atoms with Gasteiger partial charge in [0, 0.05) is 26.5 Å². The van der Waals surface area contributed by atoms with Gasteiger partial charge in [-0.15, -0.1) is 0 Å². The fourth-order valence-corrected chi connectivity index (χ4v) is 7.80. The third-order valence-corrected chi connectivity index (χ3v) is 10.7. The number of carbonyl (C=O) groups is 3. The zero-order chi connectivity index (χ0) is 44.1. The van der Waals surface area contributed by atoms with Crippen molar-refractivity contribution < 1.29 is 71.2 Å². The minimum atomic E-state index is -1.49. The van der Waals surface area contributed by atoms with Gasteiger partial charge in [-0.25, -0.2) is 4.79 Å². The summed E-state index contributed by atoms with van der Waals surface area (Å²) in [7, 11) is 1.49. The molecule has 3 fully saturated rings. The van der Waals surface area contributed by atoms with Gasteiger partial charge in [0.05, 0.1) is 26.4 Å². The molecule has 0 aliphatic carbocycles. The van der Waals surface area contributed by atoms with Gasteiger partial charge in [0.25, 0.3) is 0 Å².